The van der Waals surface area contributed by atoms with Crippen LogP contribution in [0, 0.1) is 5.92 Å². The third-order valence-corrected chi connectivity index (χ3v) is 4.37. The third kappa shape index (κ3) is 4.06. The molecule has 0 bridgehead atoms. The van der Waals surface area contributed by atoms with E-state index in [2.05, 4.69) is 32.7 Å². The van der Waals surface area contributed by atoms with Crippen molar-refractivity contribution in [1.82, 2.24) is 19.6 Å². The number of nitrogens with zero attached hydrogens (tertiary/aromatic N) is 4. The Morgan fingerprint density at radius 2 is 2.38 bits per heavy atom. The molecule has 1 atom stereocenters. The molecule has 0 aliphatic carbocycles. The summed E-state index contributed by atoms with van der Waals surface area (Å²) >= 11 is 0. The molecule has 1 fully saturated rings. The molecule has 1 saturated heterocycles. The molecule has 1 N–H and O–H groups in total. The Morgan fingerprint density at radius 1 is 1.46 bits per heavy atom. The van der Waals surface area contributed by atoms with Crippen LogP contribution in [0.15, 0.2) is 35.6 Å². The second-order valence-corrected chi connectivity index (χ2v) is 6.24. The summed E-state index contributed by atoms with van der Waals surface area (Å²) in [5.41, 5.74) is 2.07. The van der Waals surface area contributed by atoms with Crippen LogP contribution in [-0.2, 0) is 11.2 Å². The molecule has 1 aliphatic rings. The number of rotatable bonds is 6. The molecule has 24 heavy (non-hydrogen) atoms. The van der Waals surface area contributed by atoms with Crippen molar-refractivity contribution in [2.24, 2.45) is 10.9 Å². The second kappa shape index (κ2) is 8.15. The van der Waals surface area contributed by atoms with E-state index < -0.39 is 0 Å². The van der Waals surface area contributed by atoms with Crippen LogP contribution in [0.1, 0.15) is 19.0 Å². The lowest BCUT2D eigenvalue weighted by Gasteiger charge is -2.21. The number of hydrogen-bond donors (Lipinski definition) is 1. The molecule has 1 aliphatic heterocycles. The van der Waals surface area contributed by atoms with Gasteiger partial charge in [-0.15, -0.1) is 0 Å². The van der Waals surface area contributed by atoms with Crippen LogP contribution in [0.3, 0.4) is 0 Å². The maximum atomic E-state index is 5.28. The molecule has 0 amide bonds. The van der Waals surface area contributed by atoms with E-state index in [1.807, 2.05) is 24.4 Å². The first-order valence-electron chi connectivity index (χ1n) is 8.75. The number of aliphatic imine (C=N–C) groups is 1. The number of imidazole rings is 1. The Hall–Kier alpha value is -2.08. The van der Waals surface area contributed by atoms with Crippen molar-refractivity contribution in [3.8, 4) is 0 Å². The van der Waals surface area contributed by atoms with Gasteiger partial charge in [0.05, 0.1) is 12.3 Å². The van der Waals surface area contributed by atoms with Crippen molar-refractivity contribution >= 4 is 11.6 Å². The average Bonchev–Trinajstić information content (AvgIpc) is 3.20. The van der Waals surface area contributed by atoms with Crippen molar-refractivity contribution in [3.63, 3.8) is 0 Å². The third-order valence-electron chi connectivity index (χ3n) is 4.37. The quantitative estimate of drug-likeness (QED) is 0.649. The minimum absolute atomic E-state index is 0.609. The molecule has 0 radical (unpaired) electrons. The number of likely N-dealkylation sites (tertiary alicyclic amines) is 1. The highest BCUT2D eigenvalue weighted by Crippen LogP contribution is 2.16. The summed E-state index contributed by atoms with van der Waals surface area (Å²) in [5, 5.41) is 3.41. The fraction of sp³-hybridized carbons (Fsp3) is 0.556. The summed E-state index contributed by atoms with van der Waals surface area (Å²) in [4.78, 5) is 11.8. The monoisotopic (exact) mass is 329 g/mol. The smallest absolute Gasteiger partial charge is 0.193 e. The number of nitrogens with one attached hydrogen (secondary N) is 1. The lowest BCUT2D eigenvalue weighted by Crippen LogP contribution is -2.40. The summed E-state index contributed by atoms with van der Waals surface area (Å²) < 4.78 is 7.34. The molecule has 0 spiro atoms. The molecule has 3 heterocycles. The van der Waals surface area contributed by atoms with E-state index in [0.29, 0.717) is 5.92 Å². The summed E-state index contributed by atoms with van der Waals surface area (Å²) in [6.45, 7) is 6.65. The molecular formula is C18H27N5O. The van der Waals surface area contributed by atoms with Crippen molar-refractivity contribution in [3.05, 3.63) is 36.3 Å². The largest absolute Gasteiger partial charge is 0.384 e. The molecule has 2 aromatic rings. The molecule has 3 rings (SSSR count). The Bertz CT molecular complexity index is 648. The maximum absolute atomic E-state index is 5.28. The van der Waals surface area contributed by atoms with Crippen molar-refractivity contribution in [1.29, 1.82) is 0 Å². The highest BCUT2D eigenvalue weighted by molar-refractivity contribution is 5.80. The molecule has 0 saturated carbocycles. The van der Waals surface area contributed by atoms with Gasteiger partial charge in [-0.1, -0.05) is 6.07 Å². The van der Waals surface area contributed by atoms with Gasteiger partial charge in [0.15, 0.2) is 5.96 Å². The van der Waals surface area contributed by atoms with Crippen LogP contribution in [0.2, 0.25) is 0 Å². The SMILES string of the molecule is CCNC(=NCCc1cn2ccccc2n1)N1CCC(COC)C1. The van der Waals surface area contributed by atoms with E-state index in [9.17, 15) is 0 Å². The predicted octanol–water partition coefficient (Wildman–Crippen LogP) is 1.81. The van der Waals surface area contributed by atoms with Crippen LogP contribution < -0.4 is 5.32 Å². The van der Waals surface area contributed by atoms with Gasteiger partial charge < -0.3 is 19.4 Å². The number of guanidine groups is 1. The van der Waals surface area contributed by atoms with Gasteiger partial charge in [-0.2, -0.15) is 0 Å². The number of aromatic nitrogens is 2. The number of fused-ring (bicyclic) bond motifs is 1. The van der Waals surface area contributed by atoms with Gasteiger partial charge in [0.25, 0.3) is 0 Å². The summed E-state index contributed by atoms with van der Waals surface area (Å²) in [6.07, 6.45) is 6.14. The Labute approximate surface area is 143 Å². The van der Waals surface area contributed by atoms with Gasteiger partial charge in [-0.3, -0.25) is 4.99 Å². The van der Waals surface area contributed by atoms with Gasteiger partial charge in [-0.25, -0.2) is 4.98 Å². The average molecular weight is 329 g/mol. The lowest BCUT2D eigenvalue weighted by molar-refractivity contribution is 0.157. The van der Waals surface area contributed by atoms with Crippen LogP contribution in [0.25, 0.3) is 5.65 Å². The van der Waals surface area contributed by atoms with Gasteiger partial charge >= 0.3 is 0 Å². The highest BCUT2D eigenvalue weighted by Gasteiger charge is 2.24. The van der Waals surface area contributed by atoms with Crippen molar-refractivity contribution in [2.75, 3.05) is 39.9 Å². The van der Waals surface area contributed by atoms with Gasteiger partial charge in [0.1, 0.15) is 5.65 Å². The molecule has 1 unspecified atom stereocenters. The molecule has 130 valence electrons. The van der Waals surface area contributed by atoms with E-state index >= 15 is 0 Å². The topological polar surface area (TPSA) is 54.2 Å². The Balaban J connectivity index is 1.59. The maximum Gasteiger partial charge on any atom is 0.193 e. The molecule has 2 aromatic heterocycles. The number of hydrogen-bond acceptors (Lipinski definition) is 3. The first-order chi connectivity index (χ1) is 11.8. The van der Waals surface area contributed by atoms with Crippen molar-refractivity contribution < 1.29 is 4.74 Å². The Morgan fingerprint density at radius 3 is 3.17 bits per heavy atom. The lowest BCUT2D eigenvalue weighted by atomic mass is 10.1. The van der Waals surface area contributed by atoms with E-state index in [0.717, 1.165) is 56.5 Å². The number of pyridine rings is 1. The highest BCUT2D eigenvalue weighted by atomic mass is 16.5. The van der Waals surface area contributed by atoms with E-state index in [-0.39, 0.29) is 0 Å². The fourth-order valence-corrected chi connectivity index (χ4v) is 3.21. The van der Waals surface area contributed by atoms with Crippen LogP contribution in [-0.4, -0.2) is 60.1 Å². The zero-order chi connectivity index (χ0) is 16.8. The normalized spacial score (nSPS) is 18.5. The summed E-state index contributed by atoms with van der Waals surface area (Å²) in [7, 11) is 1.77. The van der Waals surface area contributed by atoms with Gasteiger partial charge in [0, 0.05) is 58.0 Å². The van der Waals surface area contributed by atoms with Crippen LogP contribution >= 0.6 is 0 Å². The fourth-order valence-electron chi connectivity index (χ4n) is 3.21. The predicted molar refractivity (Wildman–Crippen MR) is 96.4 cm³/mol. The molecule has 0 aromatic carbocycles. The van der Waals surface area contributed by atoms with Crippen LogP contribution in [0.5, 0.6) is 0 Å². The molecule has 6 heteroatoms. The Kier molecular flexibility index (Phi) is 5.69. The zero-order valence-electron chi connectivity index (χ0n) is 14.6. The van der Waals surface area contributed by atoms with Gasteiger partial charge in [0.2, 0.25) is 0 Å². The van der Waals surface area contributed by atoms with Crippen molar-refractivity contribution in [2.45, 2.75) is 19.8 Å². The first-order valence-corrected chi connectivity index (χ1v) is 8.75. The first kappa shape index (κ1) is 16.8. The summed E-state index contributed by atoms with van der Waals surface area (Å²) in [5.74, 6) is 1.62. The molecular weight excluding hydrogens is 302 g/mol. The number of ether oxygens (including phenoxy) is 1. The minimum atomic E-state index is 0.609. The zero-order valence-corrected chi connectivity index (χ0v) is 14.6. The molecule has 6 nitrogen and oxygen atoms in total. The van der Waals surface area contributed by atoms with Crippen LogP contribution in [0.4, 0.5) is 0 Å². The second-order valence-electron chi connectivity index (χ2n) is 6.24. The van der Waals surface area contributed by atoms with E-state index in [4.69, 9.17) is 9.73 Å². The standard InChI is InChI=1S/C18H27N5O/c1-3-19-18(23-11-8-15(12-23)14-24-2)20-9-7-16-13-22-10-5-4-6-17(22)21-16/h4-6,10,13,15H,3,7-9,11-12,14H2,1-2H3,(H,19,20). The van der Waals surface area contributed by atoms with E-state index in [1.165, 1.54) is 6.42 Å². The van der Waals surface area contributed by atoms with Gasteiger partial charge in [-0.05, 0) is 25.5 Å². The summed E-state index contributed by atoms with van der Waals surface area (Å²) in [6, 6.07) is 6.05. The minimum Gasteiger partial charge on any atom is -0.384 e. The number of methoxy groups -OCH3 is 1. The van der Waals surface area contributed by atoms with E-state index in [1.54, 1.807) is 7.11 Å².